The van der Waals surface area contributed by atoms with Crippen molar-refractivity contribution in [3.8, 4) is 0 Å². The number of nitrogens with two attached hydrogens (primary N) is 1. The van der Waals surface area contributed by atoms with Gasteiger partial charge in [0.25, 0.3) is 17.2 Å². The lowest BCUT2D eigenvalue weighted by atomic mass is 10.1. The molecule has 1 aromatic carbocycles. The van der Waals surface area contributed by atoms with Gasteiger partial charge >= 0.3 is 0 Å². The van der Waals surface area contributed by atoms with Gasteiger partial charge in [-0.25, -0.2) is 4.98 Å². The molecule has 0 aliphatic heterocycles. The standard InChI is InChI=1S/C17H18N6O2/c1-8-7-13(9(2)6-11(8)18)19-15(24)14-21-17-20-12-5-3-4-10(12)16(25)23(17)22-14/h6-7H,3-5,18H2,1-2H3,(H,19,24)(H,20,21,22). The Morgan fingerprint density at radius 1 is 1.24 bits per heavy atom. The second kappa shape index (κ2) is 5.44. The first kappa shape index (κ1) is 15.4. The molecule has 1 aliphatic carbocycles. The van der Waals surface area contributed by atoms with Gasteiger partial charge in [0.1, 0.15) is 0 Å². The third-order valence-electron chi connectivity index (χ3n) is 4.59. The quantitative estimate of drug-likeness (QED) is 0.610. The molecule has 0 unspecified atom stereocenters. The van der Waals surface area contributed by atoms with Gasteiger partial charge in [-0.05, 0) is 56.4 Å². The number of aromatic nitrogens is 4. The van der Waals surface area contributed by atoms with E-state index in [-0.39, 0.29) is 17.2 Å². The molecule has 25 heavy (non-hydrogen) atoms. The lowest BCUT2D eigenvalue weighted by Gasteiger charge is -2.10. The van der Waals surface area contributed by atoms with Gasteiger partial charge < -0.3 is 11.1 Å². The number of amides is 1. The summed E-state index contributed by atoms with van der Waals surface area (Å²) in [6, 6.07) is 3.62. The van der Waals surface area contributed by atoms with Gasteiger partial charge in [-0.15, -0.1) is 0 Å². The maximum atomic E-state index is 12.5. The van der Waals surface area contributed by atoms with Gasteiger partial charge in [-0.1, -0.05) is 0 Å². The van der Waals surface area contributed by atoms with Crippen molar-refractivity contribution in [2.45, 2.75) is 33.1 Å². The largest absolute Gasteiger partial charge is 0.399 e. The van der Waals surface area contributed by atoms with E-state index >= 15 is 0 Å². The van der Waals surface area contributed by atoms with Crippen molar-refractivity contribution in [1.29, 1.82) is 0 Å². The van der Waals surface area contributed by atoms with Crippen LogP contribution in [0.25, 0.3) is 5.78 Å². The smallest absolute Gasteiger partial charge is 0.293 e. The fraction of sp³-hybridized carbons (Fsp3) is 0.294. The Balaban J connectivity index is 1.70. The van der Waals surface area contributed by atoms with Crippen molar-refractivity contribution >= 4 is 23.1 Å². The van der Waals surface area contributed by atoms with Crippen molar-refractivity contribution in [2.24, 2.45) is 0 Å². The van der Waals surface area contributed by atoms with E-state index in [0.29, 0.717) is 23.4 Å². The zero-order valence-electron chi connectivity index (χ0n) is 14.0. The van der Waals surface area contributed by atoms with Crippen LogP contribution in [0.3, 0.4) is 0 Å². The molecule has 0 bridgehead atoms. The minimum atomic E-state index is -0.433. The van der Waals surface area contributed by atoms with E-state index in [1.165, 1.54) is 4.52 Å². The molecule has 0 spiro atoms. The summed E-state index contributed by atoms with van der Waals surface area (Å²) >= 11 is 0. The summed E-state index contributed by atoms with van der Waals surface area (Å²) in [5, 5.41) is 5.55. The number of hydrogen-bond acceptors (Lipinski definition) is 5. The monoisotopic (exact) mass is 338 g/mol. The summed E-state index contributed by atoms with van der Waals surface area (Å²) < 4.78 is 1.24. The number of nitrogens with one attached hydrogen (secondary N) is 2. The number of carbonyl (C=O) groups excluding carboxylic acids is 1. The summed E-state index contributed by atoms with van der Waals surface area (Å²) in [5.74, 6) is -0.166. The van der Waals surface area contributed by atoms with Crippen LogP contribution >= 0.6 is 0 Å². The molecule has 0 atom stereocenters. The average molecular weight is 338 g/mol. The molecule has 8 nitrogen and oxygen atoms in total. The number of aromatic amines is 1. The van der Waals surface area contributed by atoms with Crippen molar-refractivity contribution in [1.82, 2.24) is 19.6 Å². The van der Waals surface area contributed by atoms with E-state index in [1.807, 2.05) is 19.9 Å². The predicted molar refractivity (Wildman–Crippen MR) is 93.9 cm³/mol. The highest BCUT2D eigenvalue weighted by Crippen LogP contribution is 2.22. The van der Waals surface area contributed by atoms with Crippen molar-refractivity contribution in [3.05, 3.63) is 50.7 Å². The van der Waals surface area contributed by atoms with Gasteiger partial charge in [0.2, 0.25) is 5.82 Å². The Morgan fingerprint density at radius 2 is 2.04 bits per heavy atom. The zero-order chi connectivity index (χ0) is 17.7. The van der Waals surface area contributed by atoms with Crippen LogP contribution in [0.2, 0.25) is 0 Å². The molecule has 8 heteroatoms. The second-order valence-electron chi connectivity index (χ2n) is 6.38. The van der Waals surface area contributed by atoms with Crippen molar-refractivity contribution < 1.29 is 4.79 Å². The first-order valence-corrected chi connectivity index (χ1v) is 8.12. The van der Waals surface area contributed by atoms with E-state index < -0.39 is 5.91 Å². The normalized spacial score (nSPS) is 13.2. The van der Waals surface area contributed by atoms with Crippen molar-refractivity contribution in [2.75, 3.05) is 11.1 Å². The number of H-pyrrole nitrogens is 1. The first-order valence-electron chi connectivity index (χ1n) is 8.12. The molecule has 4 N–H and O–H groups in total. The van der Waals surface area contributed by atoms with Gasteiger partial charge in [0, 0.05) is 16.9 Å². The molecular formula is C17H18N6O2. The summed E-state index contributed by atoms with van der Waals surface area (Å²) in [5.41, 5.74) is 10.2. The molecule has 1 aliphatic rings. The Labute approximate surface area is 143 Å². The van der Waals surface area contributed by atoms with Crippen LogP contribution in [-0.2, 0) is 12.8 Å². The molecule has 2 heterocycles. The lowest BCUT2D eigenvalue weighted by molar-refractivity contribution is 0.101. The third-order valence-corrected chi connectivity index (χ3v) is 4.59. The number of anilines is 2. The fourth-order valence-corrected chi connectivity index (χ4v) is 3.14. The van der Waals surface area contributed by atoms with Gasteiger partial charge in [-0.3, -0.25) is 14.7 Å². The van der Waals surface area contributed by atoms with Gasteiger partial charge in [0.15, 0.2) is 0 Å². The Bertz CT molecular complexity index is 1080. The summed E-state index contributed by atoms with van der Waals surface area (Å²) in [6.45, 7) is 3.73. The topological polar surface area (TPSA) is 118 Å². The highest BCUT2D eigenvalue weighted by molar-refractivity contribution is 6.02. The maximum Gasteiger partial charge on any atom is 0.293 e. The molecule has 0 fully saturated rings. The third kappa shape index (κ3) is 2.46. The van der Waals surface area contributed by atoms with E-state index in [9.17, 15) is 9.59 Å². The van der Waals surface area contributed by atoms with E-state index in [1.54, 1.807) is 6.07 Å². The zero-order valence-corrected chi connectivity index (χ0v) is 14.0. The molecular weight excluding hydrogens is 320 g/mol. The number of nitrogens with zero attached hydrogens (tertiary/aromatic N) is 3. The van der Waals surface area contributed by atoms with Crippen LogP contribution in [0.15, 0.2) is 16.9 Å². The molecule has 0 saturated heterocycles. The van der Waals surface area contributed by atoms with E-state index in [0.717, 1.165) is 29.7 Å². The molecule has 4 rings (SSSR count). The fourth-order valence-electron chi connectivity index (χ4n) is 3.14. The average Bonchev–Trinajstić information content (AvgIpc) is 3.19. The van der Waals surface area contributed by atoms with Crippen LogP contribution in [0.4, 0.5) is 11.4 Å². The molecule has 2 aromatic heterocycles. The number of nitrogen functional groups attached to an aromatic ring is 1. The highest BCUT2D eigenvalue weighted by Gasteiger charge is 2.21. The van der Waals surface area contributed by atoms with Gasteiger partial charge in [-0.2, -0.15) is 9.50 Å². The summed E-state index contributed by atoms with van der Waals surface area (Å²) in [6.07, 6.45) is 2.42. The van der Waals surface area contributed by atoms with Crippen LogP contribution < -0.4 is 16.6 Å². The molecule has 128 valence electrons. The Kier molecular flexibility index (Phi) is 3.34. The summed E-state index contributed by atoms with van der Waals surface area (Å²) in [4.78, 5) is 33.5. The van der Waals surface area contributed by atoms with Crippen LogP contribution in [0.5, 0.6) is 0 Å². The Hall–Kier alpha value is -3.16. The highest BCUT2D eigenvalue weighted by atomic mass is 16.2. The first-order chi connectivity index (χ1) is 11.9. The van der Waals surface area contributed by atoms with Crippen LogP contribution in [-0.4, -0.2) is 25.5 Å². The Morgan fingerprint density at radius 3 is 2.84 bits per heavy atom. The minimum absolute atomic E-state index is 0.0437. The maximum absolute atomic E-state index is 12.5. The summed E-state index contributed by atoms with van der Waals surface area (Å²) in [7, 11) is 0. The van der Waals surface area contributed by atoms with Crippen molar-refractivity contribution in [3.63, 3.8) is 0 Å². The molecule has 3 aromatic rings. The number of fused-ring (bicyclic) bond motifs is 2. The van der Waals surface area contributed by atoms with E-state index in [2.05, 4.69) is 20.4 Å². The number of carbonyl (C=O) groups is 1. The molecule has 1 amide bonds. The van der Waals surface area contributed by atoms with Crippen LogP contribution in [0, 0.1) is 13.8 Å². The number of hydrogen-bond donors (Lipinski definition) is 3. The number of aryl methyl sites for hydroxylation is 3. The van der Waals surface area contributed by atoms with E-state index in [4.69, 9.17) is 5.73 Å². The van der Waals surface area contributed by atoms with Gasteiger partial charge in [0.05, 0.1) is 5.69 Å². The number of benzene rings is 1. The molecule has 0 radical (unpaired) electrons. The minimum Gasteiger partial charge on any atom is -0.399 e. The SMILES string of the molecule is Cc1cc(NC(=O)c2nc3nc4c(c(=O)n3[nH]2)CCC4)c(C)cc1N. The lowest BCUT2D eigenvalue weighted by Crippen LogP contribution is -2.21. The predicted octanol–water partition coefficient (Wildman–Crippen LogP) is 1.36. The molecule has 0 saturated carbocycles. The van der Waals surface area contributed by atoms with Crippen LogP contribution in [0.1, 0.15) is 39.4 Å². The second-order valence-corrected chi connectivity index (χ2v) is 6.38. The number of rotatable bonds is 2.